The van der Waals surface area contributed by atoms with E-state index >= 15 is 0 Å². The van der Waals surface area contributed by atoms with Crippen LogP contribution in [0.25, 0.3) is 0 Å². The molecule has 0 saturated heterocycles. The number of rotatable bonds is 14. The van der Waals surface area contributed by atoms with Gasteiger partial charge in [0, 0.05) is 29.0 Å². The normalized spacial score (nSPS) is 11.8. The third-order valence-corrected chi connectivity index (χ3v) is 9.56. The number of likely N-dealkylation sites (N-methyl/N-ethyl adjacent to an activating group) is 1. The molecule has 0 spiro atoms. The molecule has 0 bridgehead atoms. The second-order valence-electron chi connectivity index (χ2n) is 10.1. The Bertz CT molecular complexity index is 1690. The molecule has 236 valence electrons. The number of hydrogen-bond donors (Lipinski definition) is 1. The molecule has 0 heterocycles. The molecule has 0 aliphatic heterocycles. The van der Waals surface area contributed by atoms with Crippen LogP contribution in [0.2, 0.25) is 5.02 Å². The molecule has 45 heavy (non-hydrogen) atoms. The maximum Gasteiger partial charge on any atom is 0.264 e. The zero-order chi connectivity index (χ0) is 32.4. The molecule has 0 aromatic heterocycles. The Hall–Kier alpha value is -3.86. The minimum atomic E-state index is -4.29. The quantitative estimate of drug-likeness (QED) is 0.162. The summed E-state index contributed by atoms with van der Waals surface area (Å²) in [4.78, 5) is 29.5. The summed E-state index contributed by atoms with van der Waals surface area (Å²) in [6, 6.07) is 28.3. The molecule has 2 amide bonds. The van der Waals surface area contributed by atoms with E-state index in [0.717, 1.165) is 19.9 Å². The molecule has 4 aromatic rings. The molecule has 0 saturated carbocycles. The Morgan fingerprint density at radius 3 is 2.16 bits per heavy atom. The van der Waals surface area contributed by atoms with Gasteiger partial charge in [-0.2, -0.15) is 0 Å². The van der Waals surface area contributed by atoms with Crippen molar-refractivity contribution in [1.29, 1.82) is 0 Å². The Labute approximate surface area is 278 Å². The van der Waals surface area contributed by atoms with E-state index in [9.17, 15) is 18.0 Å². The van der Waals surface area contributed by atoms with Crippen molar-refractivity contribution in [2.75, 3.05) is 24.0 Å². The van der Waals surface area contributed by atoms with Gasteiger partial charge in [0.05, 0.1) is 17.2 Å². The number of ether oxygens (including phenoxy) is 1. The van der Waals surface area contributed by atoms with Crippen molar-refractivity contribution in [3.63, 3.8) is 0 Å². The molecule has 0 fully saturated rings. The number of anilines is 1. The number of para-hydroxylation sites is 2. The number of carbonyl (C=O) groups excluding carboxylic acids is 2. The molecule has 0 aliphatic carbocycles. The van der Waals surface area contributed by atoms with E-state index in [2.05, 4.69) is 21.2 Å². The van der Waals surface area contributed by atoms with E-state index < -0.39 is 28.5 Å². The van der Waals surface area contributed by atoms with Crippen molar-refractivity contribution < 1.29 is 22.7 Å². The van der Waals surface area contributed by atoms with Gasteiger partial charge in [0.1, 0.15) is 18.3 Å². The van der Waals surface area contributed by atoms with Gasteiger partial charge in [0.2, 0.25) is 11.8 Å². The topological polar surface area (TPSA) is 96.0 Å². The number of amides is 2. The highest BCUT2D eigenvalue weighted by Crippen LogP contribution is 2.33. The van der Waals surface area contributed by atoms with Crippen molar-refractivity contribution in [2.24, 2.45) is 0 Å². The van der Waals surface area contributed by atoms with Crippen LogP contribution in [0.3, 0.4) is 0 Å². The van der Waals surface area contributed by atoms with Gasteiger partial charge in [-0.15, -0.1) is 0 Å². The lowest BCUT2D eigenvalue weighted by Crippen LogP contribution is -2.53. The number of benzene rings is 4. The first-order chi connectivity index (χ1) is 21.6. The number of carbonyl (C=O) groups is 2. The Balaban J connectivity index is 1.82. The highest BCUT2D eigenvalue weighted by atomic mass is 79.9. The predicted molar refractivity (Wildman–Crippen MR) is 181 cm³/mol. The minimum Gasteiger partial charge on any atom is -0.492 e. The van der Waals surface area contributed by atoms with Crippen LogP contribution in [0.15, 0.2) is 112 Å². The molecule has 0 radical (unpaired) electrons. The van der Waals surface area contributed by atoms with Gasteiger partial charge in [-0.1, -0.05) is 82.1 Å². The molecular weight excluding hydrogens is 678 g/mol. The van der Waals surface area contributed by atoms with Crippen LogP contribution in [-0.4, -0.2) is 50.9 Å². The van der Waals surface area contributed by atoms with E-state index in [-0.39, 0.29) is 36.1 Å². The van der Waals surface area contributed by atoms with Gasteiger partial charge in [-0.3, -0.25) is 13.9 Å². The Kier molecular flexibility index (Phi) is 12.0. The van der Waals surface area contributed by atoms with Gasteiger partial charge in [0.25, 0.3) is 10.0 Å². The molecule has 4 aromatic carbocycles. The van der Waals surface area contributed by atoms with E-state index in [0.29, 0.717) is 17.3 Å². The average molecular weight is 713 g/mol. The van der Waals surface area contributed by atoms with Crippen molar-refractivity contribution >= 4 is 55.1 Å². The van der Waals surface area contributed by atoms with Crippen molar-refractivity contribution in [3.05, 3.63) is 124 Å². The number of hydrogen-bond acceptors (Lipinski definition) is 5. The monoisotopic (exact) mass is 711 g/mol. The highest BCUT2D eigenvalue weighted by molar-refractivity contribution is 9.10. The van der Waals surface area contributed by atoms with Gasteiger partial charge in [-0.25, -0.2) is 8.42 Å². The second kappa shape index (κ2) is 15.9. The zero-order valence-corrected chi connectivity index (χ0v) is 28.2. The third kappa shape index (κ3) is 8.87. The molecule has 0 unspecified atom stereocenters. The summed E-state index contributed by atoms with van der Waals surface area (Å²) in [6.45, 7) is 3.73. The number of halogens is 2. The first-order valence-corrected chi connectivity index (χ1v) is 17.1. The fraction of sp³-hybridized carbons (Fsp3) is 0.235. The molecule has 8 nitrogen and oxygen atoms in total. The van der Waals surface area contributed by atoms with Gasteiger partial charge < -0.3 is 15.0 Å². The van der Waals surface area contributed by atoms with Crippen molar-refractivity contribution in [2.45, 2.75) is 37.8 Å². The molecule has 0 aliphatic rings. The highest BCUT2D eigenvalue weighted by Gasteiger charge is 2.35. The smallest absolute Gasteiger partial charge is 0.264 e. The summed E-state index contributed by atoms with van der Waals surface area (Å²) in [6.07, 6.45) is 0.231. The molecule has 4 rings (SSSR count). The Morgan fingerprint density at radius 1 is 0.867 bits per heavy atom. The van der Waals surface area contributed by atoms with Gasteiger partial charge in [-0.05, 0) is 73.5 Å². The van der Waals surface area contributed by atoms with Crippen LogP contribution >= 0.6 is 27.5 Å². The molecule has 1 atom stereocenters. The first-order valence-electron chi connectivity index (χ1n) is 14.5. The van der Waals surface area contributed by atoms with E-state index in [1.54, 1.807) is 31.2 Å². The van der Waals surface area contributed by atoms with Crippen LogP contribution in [-0.2, 0) is 32.6 Å². The van der Waals surface area contributed by atoms with E-state index in [4.69, 9.17) is 16.3 Å². The van der Waals surface area contributed by atoms with Crippen molar-refractivity contribution in [3.8, 4) is 5.75 Å². The van der Waals surface area contributed by atoms with Crippen LogP contribution in [0.4, 0.5) is 5.69 Å². The van der Waals surface area contributed by atoms with E-state index in [1.807, 2.05) is 61.5 Å². The summed E-state index contributed by atoms with van der Waals surface area (Å²) >= 11 is 9.51. The summed E-state index contributed by atoms with van der Waals surface area (Å²) in [5, 5.41) is 3.24. The van der Waals surface area contributed by atoms with Crippen LogP contribution in [0.1, 0.15) is 25.0 Å². The summed E-state index contributed by atoms with van der Waals surface area (Å²) < 4.78 is 36.1. The fourth-order valence-electron chi connectivity index (χ4n) is 4.82. The Morgan fingerprint density at radius 2 is 1.51 bits per heavy atom. The number of nitrogens with one attached hydrogen (secondary N) is 1. The van der Waals surface area contributed by atoms with Crippen LogP contribution in [0, 0.1) is 0 Å². The molecular formula is C34H35BrClN3O5S. The average Bonchev–Trinajstić information content (AvgIpc) is 3.03. The third-order valence-electron chi connectivity index (χ3n) is 7.00. The van der Waals surface area contributed by atoms with Gasteiger partial charge in [0.15, 0.2) is 0 Å². The number of sulfonamides is 1. The number of nitrogens with zero attached hydrogens (tertiary/aromatic N) is 2. The lowest BCUT2D eigenvalue weighted by Gasteiger charge is -2.34. The predicted octanol–water partition coefficient (Wildman–Crippen LogP) is 6.47. The van der Waals surface area contributed by atoms with E-state index in [1.165, 1.54) is 29.2 Å². The molecule has 1 N–H and O–H groups in total. The lowest BCUT2D eigenvalue weighted by atomic mass is 10.0. The summed E-state index contributed by atoms with van der Waals surface area (Å²) in [5.41, 5.74) is 1.83. The largest absolute Gasteiger partial charge is 0.492 e. The van der Waals surface area contributed by atoms with Crippen molar-refractivity contribution in [1.82, 2.24) is 10.2 Å². The zero-order valence-electron chi connectivity index (χ0n) is 25.0. The summed E-state index contributed by atoms with van der Waals surface area (Å²) in [7, 11) is -4.29. The SMILES string of the molecule is CCNC(=O)[C@@H](Cc1ccccc1)N(Cc1ccc(Br)cc1)C(=O)CN(c1ccccc1OCC)S(=O)(=O)c1ccc(Cl)cc1. The summed E-state index contributed by atoms with van der Waals surface area (Å²) in [5.74, 6) is -0.600. The van der Waals surface area contributed by atoms with Crippen LogP contribution in [0.5, 0.6) is 5.75 Å². The fourth-order valence-corrected chi connectivity index (χ4v) is 6.64. The maximum atomic E-state index is 14.5. The second-order valence-corrected chi connectivity index (χ2v) is 13.3. The van der Waals surface area contributed by atoms with Crippen LogP contribution < -0.4 is 14.4 Å². The minimum absolute atomic E-state index is 0.0463. The maximum absolute atomic E-state index is 14.5. The lowest BCUT2D eigenvalue weighted by molar-refractivity contribution is -0.140. The molecule has 11 heteroatoms. The first kappa shape index (κ1) is 34.0. The standard InChI is InChI=1S/C34H35BrClN3O5S/c1-3-37-34(41)31(22-25-10-6-5-7-11-25)38(23-26-14-16-27(35)17-15-26)33(40)24-39(30-12-8-9-13-32(30)44-4-2)45(42,43)29-20-18-28(36)19-21-29/h5-21,31H,3-4,22-24H2,1-2H3,(H,37,41)/t31-/m1/s1. The van der Waals surface area contributed by atoms with Gasteiger partial charge >= 0.3 is 0 Å².